The van der Waals surface area contributed by atoms with Gasteiger partial charge < -0.3 is 10.5 Å². The van der Waals surface area contributed by atoms with Crippen LogP contribution in [-0.4, -0.2) is 11.1 Å². The lowest BCUT2D eigenvalue weighted by molar-refractivity contribution is 0.241. The summed E-state index contributed by atoms with van der Waals surface area (Å²) < 4.78 is 7.63. The average Bonchev–Trinajstić information content (AvgIpc) is 2.37. The number of rotatable bonds is 4. The summed E-state index contributed by atoms with van der Waals surface area (Å²) >= 11 is 6.98. The lowest BCUT2D eigenvalue weighted by Crippen LogP contribution is -2.13. The summed E-state index contributed by atoms with van der Waals surface area (Å²) in [5, 5.41) is 0. The van der Waals surface area contributed by atoms with Crippen molar-refractivity contribution >= 4 is 31.9 Å². The van der Waals surface area contributed by atoms with Gasteiger partial charge in [0.05, 0.1) is 18.3 Å². The number of aromatic nitrogens is 1. The van der Waals surface area contributed by atoms with E-state index in [9.17, 15) is 0 Å². The second-order valence-corrected chi connectivity index (χ2v) is 6.53. The molecule has 20 heavy (non-hydrogen) atoms. The van der Waals surface area contributed by atoms with Crippen molar-refractivity contribution in [2.75, 3.05) is 0 Å². The third kappa shape index (κ3) is 3.81. The summed E-state index contributed by atoms with van der Waals surface area (Å²) in [7, 11) is 0. The zero-order valence-corrected chi connectivity index (χ0v) is 14.5. The van der Waals surface area contributed by atoms with Crippen LogP contribution >= 0.6 is 31.9 Å². The lowest BCUT2D eigenvalue weighted by atomic mass is 10.0. The molecule has 0 aliphatic carbocycles. The van der Waals surface area contributed by atoms with E-state index >= 15 is 0 Å². The van der Waals surface area contributed by atoms with Gasteiger partial charge in [0.25, 0.3) is 0 Å². The van der Waals surface area contributed by atoms with Gasteiger partial charge in [-0.05, 0) is 43.2 Å². The largest absolute Gasteiger partial charge is 0.489 e. The highest BCUT2D eigenvalue weighted by Crippen LogP contribution is 2.30. The lowest BCUT2D eigenvalue weighted by Gasteiger charge is -2.16. The molecule has 0 fully saturated rings. The Bertz CT molecular complexity index is 602. The van der Waals surface area contributed by atoms with Gasteiger partial charge in [-0.2, -0.15) is 0 Å². The Kier molecular flexibility index (Phi) is 5.18. The van der Waals surface area contributed by atoms with Crippen LogP contribution in [0.15, 0.2) is 45.6 Å². The summed E-state index contributed by atoms with van der Waals surface area (Å²) in [5.41, 5.74) is 8.26. The van der Waals surface area contributed by atoms with Gasteiger partial charge in [0.1, 0.15) is 5.75 Å². The summed E-state index contributed by atoms with van der Waals surface area (Å²) in [6.07, 6.45) is 3.59. The number of hydrogen-bond donors (Lipinski definition) is 1. The first-order valence-corrected chi connectivity index (χ1v) is 7.88. The molecule has 0 saturated carbocycles. The van der Waals surface area contributed by atoms with E-state index in [0.717, 1.165) is 25.8 Å². The molecule has 2 rings (SSSR count). The Hall–Kier alpha value is -0.910. The maximum Gasteiger partial charge on any atom is 0.138 e. The van der Waals surface area contributed by atoms with E-state index in [1.807, 2.05) is 38.1 Å². The summed E-state index contributed by atoms with van der Waals surface area (Å²) in [4.78, 5) is 4.20. The van der Waals surface area contributed by atoms with Crippen LogP contribution in [-0.2, 0) is 0 Å². The minimum atomic E-state index is -0.249. The molecular weight excluding hydrogens is 384 g/mol. The number of hydrogen-bond acceptors (Lipinski definition) is 3. The zero-order valence-electron chi connectivity index (χ0n) is 11.3. The van der Waals surface area contributed by atoms with Crippen LogP contribution in [0.25, 0.3) is 0 Å². The maximum absolute atomic E-state index is 6.33. The van der Waals surface area contributed by atoms with E-state index in [1.165, 1.54) is 0 Å². The Labute approximate surface area is 135 Å². The Morgan fingerprint density at radius 2 is 1.90 bits per heavy atom. The summed E-state index contributed by atoms with van der Waals surface area (Å²) in [6.45, 7) is 3.97. The molecule has 2 aromatic rings. The van der Waals surface area contributed by atoms with Gasteiger partial charge in [0.15, 0.2) is 0 Å². The first kappa shape index (κ1) is 15.5. The van der Waals surface area contributed by atoms with Gasteiger partial charge in [0, 0.05) is 15.1 Å². The van der Waals surface area contributed by atoms with Crippen molar-refractivity contribution in [2.24, 2.45) is 5.73 Å². The SMILES string of the molecule is CC(C)Oc1cncc(C(N)c2ccc(Br)cc2Br)c1. The first-order valence-electron chi connectivity index (χ1n) is 6.29. The molecule has 0 amide bonds. The zero-order chi connectivity index (χ0) is 14.7. The minimum Gasteiger partial charge on any atom is -0.489 e. The van der Waals surface area contributed by atoms with Crippen molar-refractivity contribution < 1.29 is 4.74 Å². The molecule has 5 heteroatoms. The van der Waals surface area contributed by atoms with Crippen molar-refractivity contribution in [2.45, 2.75) is 26.0 Å². The number of nitrogens with zero attached hydrogens (tertiary/aromatic N) is 1. The van der Waals surface area contributed by atoms with Gasteiger partial charge in [-0.15, -0.1) is 0 Å². The highest BCUT2D eigenvalue weighted by Gasteiger charge is 2.14. The molecule has 1 atom stereocenters. The molecule has 2 N–H and O–H groups in total. The topological polar surface area (TPSA) is 48.1 Å². The maximum atomic E-state index is 6.33. The first-order chi connectivity index (χ1) is 9.47. The van der Waals surface area contributed by atoms with Crippen molar-refractivity contribution in [3.8, 4) is 5.75 Å². The third-order valence-electron chi connectivity index (χ3n) is 2.76. The molecule has 1 heterocycles. The molecule has 0 bridgehead atoms. The number of benzene rings is 1. The molecule has 1 aromatic carbocycles. The van der Waals surface area contributed by atoms with Gasteiger partial charge in [-0.25, -0.2) is 0 Å². The fourth-order valence-electron chi connectivity index (χ4n) is 1.88. The molecule has 0 radical (unpaired) electrons. The van der Waals surface area contributed by atoms with Gasteiger partial charge in [0.2, 0.25) is 0 Å². The van der Waals surface area contributed by atoms with Crippen molar-refractivity contribution in [1.29, 1.82) is 0 Å². The molecule has 106 valence electrons. The van der Waals surface area contributed by atoms with Crippen LogP contribution in [0.2, 0.25) is 0 Å². The molecule has 0 aliphatic heterocycles. The monoisotopic (exact) mass is 398 g/mol. The van der Waals surface area contributed by atoms with E-state index in [-0.39, 0.29) is 12.1 Å². The van der Waals surface area contributed by atoms with E-state index in [2.05, 4.69) is 36.8 Å². The van der Waals surface area contributed by atoms with Crippen LogP contribution in [0.4, 0.5) is 0 Å². The van der Waals surface area contributed by atoms with Crippen LogP contribution in [0, 0.1) is 0 Å². The van der Waals surface area contributed by atoms with Gasteiger partial charge in [-0.1, -0.05) is 37.9 Å². The molecule has 0 spiro atoms. The predicted molar refractivity (Wildman–Crippen MR) is 87.9 cm³/mol. The molecular formula is C15H16Br2N2O. The summed E-state index contributed by atoms with van der Waals surface area (Å²) in [5.74, 6) is 0.737. The fraction of sp³-hybridized carbons (Fsp3) is 0.267. The van der Waals surface area contributed by atoms with Crippen LogP contribution in [0.3, 0.4) is 0 Å². The fourth-order valence-corrected chi connectivity index (χ4v) is 3.17. The summed E-state index contributed by atoms with van der Waals surface area (Å²) in [6, 6.07) is 7.64. The van der Waals surface area contributed by atoms with Crippen LogP contribution < -0.4 is 10.5 Å². The van der Waals surface area contributed by atoms with Crippen molar-refractivity contribution in [3.63, 3.8) is 0 Å². The molecule has 0 saturated heterocycles. The third-order valence-corrected chi connectivity index (χ3v) is 3.94. The number of pyridine rings is 1. The normalized spacial score (nSPS) is 12.5. The number of halogens is 2. The standard InChI is InChI=1S/C15H16Br2N2O/c1-9(2)20-12-5-10(7-19-8-12)15(18)13-4-3-11(16)6-14(13)17/h3-9,15H,18H2,1-2H3. The highest BCUT2D eigenvalue weighted by atomic mass is 79.9. The smallest absolute Gasteiger partial charge is 0.138 e. The molecule has 3 nitrogen and oxygen atoms in total. The number of ether oxygens (including phenoxy) is 1. The Balaban J connectivity index is 2.30. The van der Waals surface area contributed by atoms with Crippen molar-refractivity contribution in [1.82, 2.24) is 4.98 Å². The average molecular weight is 400 g/mol. The predicted octanol–water partition coefficient (Wildman–Crippen LogP) is 4.44. The quantitative estimate of drug-likeness (QED) is 0.826. The Morgan fingerprint density at radius 3 is 2.55 bits per heavy atom. The minimum absolute atomic E-state index is 0.114. The Morgan fingerprint density at radius 1 is 1.15 bits per heavy atom. The number of nitrogens with two attached hydrogens (primary N) is 1. The molecule has 0 aliphatic rings. The molecule has 1 aromatic heterocycles. The molecule has 1 unspecified atom stereocenters. The van der Waals surface area contributed by atoms with E-state index in [0.29, 0.717) is 0 Å². The van der Waals surface area contributed by atoms with E-state index in [4.69, 9.17) is 10.5 Å². The van der Waals surface area contributed by atoms with E-state index < -0.39 is 0 Å². The van der Waals surface area contributed by atoms with Crippen LogP contribution in [0.5, 0.6) is 5.75 Å². The second-order valence-electron chi connectivity index (χ2n) is 4.76. The van der Waals surface area contributed by atoms with Gasteiger partial charge >= 0.3 is 0 Å². The van der Waals surface area contributed by atoms with E-state index in [1.54, 1.807) is 12.4 Å². The van der Waals surface area contributed by atoms with Gasteiger partial charge in [-0.3, -0.25) is 4.98 Å². The van der Waals surface area contributed by atoms with Crippen LogP contribution in [0.1, 0.15) is 31.0 Å². The highest BCUT2D eigenvalue weighted by molar-refractivity contribution is 9.11. The second kappa shape index (κ2) is 6.70. The van der Waals surface area contributed by atoms with Crippen molar-refractivity contribution in [3.05, 3.63) is 56.7 Å².